The summed E-state index contributed by atoms with van der Waals surface area (Å²) < 4.78 is 26.5. The Morgan fingerprint density at radius 3 is 2.48 bits per heavy atom. The van der Waals surface area contributed by atoms with Gasteiger partial charge in [0.15, 0.2) is 0 Å². The van der Waals surface area contributed by atoms with Crippen molar-refractivity contribution in [1.82, 2.24) is 4.31 Å². The summed E-state index contributed by atoms with van der Waals surface area (Å²) in [7, 11) is -3.66. The molecule has 0 aliphatic carbocycles. The molecule has 1 N–H and O–H groups in total. The number of hydrogen-bond donors (Lipinski definition) is 1. The number of aromatic carboxylic acids is 1. The van der Waals surface area contributed by atoms with Crippen LogP contribution in [-0.2, 0) is 10.0 Å². The predicted octanol–water partition coefficient (Wildman–Crippen LogP) is 2.77. The number of sulfonamides is 1. The molecule has 5 nitrogen and oxygen atoms in total. The fraction of sp³-hybridized carbons (Fsp3) is 0.357. The van der Waals surface area contributed by atoms with E-state index in [0.717, 1.165) is 5.57 Å². The van der Waals surface area contributed by atoms with E-state index < -0.39 is 16.0 Å². The van der Waals surface area contributed by atoms with Crippen LogP contribution in [0.5, 0.6) is 0 Å². The van der Waals surface area contributed by atoms with Crippen molar-refractivity contribution in [3.8, 4) is 0 Å². The molecule has 114 valence electrons. The lowest BCUT2D eigenvalue weighted by atomic mass is 10.1. The van der Waals surface area contributed by atoms with Gasteiger partial charge in [-0.25, -0.2) is 13.2 Å². The van der Waals surface area contributed by atoms with Crippen molar-refractivity contribution < 1.29 is 18.3 Å². The zero-order valence-electron chi connectivity index (χ0n) is 11.8. The van der Waals surface area contributed by atoms with Crippen LogP contribution in [0.4, 0.5) is 0 Å². The highest BCUT2D eigenvalue weighted by molar-refractivity contribution is 7.89. The molecule has 1 aromatic rings. The van der Waals surface area contributed by atoms with Crippen LogP contribution >= 0.6 is 11.6 Å². The van der Waals surface area contributed by atoms with Crippen molar-refractivity contribution in [2.75, 3.05) is 13.1 Å². The quantitative estimate of drug-likeness (QED) is 0.865. The molecule has 1 heterocycles. The van der Waals surface area contributed by atoms with Gasteiger partial charge in [-0.15, -0.1) is 0 Å². The minimum absolute atomic E-state index is 0.0184. The molecule has 1 aromatic carbocycles. The highest BCUT2D eigenvalue weighted by atomic mass is 35.5. The van der Waals surface area contributed by atoms with Gasteiger partial charge in [-0.05, 0) is 38.5 Å². The maximum absolute atomic E-state index is 12.6. The number of carbonyl (C=O) groups is 1. The molecule has 0 atom stereocenters. The van der Waals surface area contributed by atoms with Gasteiger partial charge in [-0.3, -0.25) is 0 Å². The Morgan fingerprint density at radius 2 is 1.95 bits per heavy atom. The molecule has 2 rings (SSSR count). The lowest BCUT2D eigenvalue weighted by molar-refractivity contribution is 0.0697. The van der Waals surface area contributed by atoms with E-state index in [1.165, 1.54) is 28.1 Å². The summed E-state index contributed by atoms with van der Waals surface area (Å²) in [5.74, 6) is -1.18. The molecule has 1 aliphatic heterocycles. The molecule has 0 unspecified atom stereocenters. The standard InChI is InChI=1S/C14H16ClNO4S/c1-9-5-6-16(8-10(9)2)21(19,20)11-3-4-12(14(17)18)13(15)7-11/h3-4,7H,5-6,8H2,1-2H3,(H,17,18). The van der Waals surface area contributed by atoms with Crippen LogP contribution in [0.1, 0.15) is 30.6 Å². The average Bonchev–Trinajstić information content (AvgIpc) is 2.41. The van der Waals surface area contributed by atoms with E-state index in [9.17, 15) is 13.2 Å². The average molecular weight is 330 g/mol. The van der Waals surface area contributed by atoms with Crippen molar-refractivity contribution >= 4 is 27.6 Å². The number of rotatable bonds is 3. The SMILES string of the molecule is CC1=C(C)CN(S(=O)(=O)c2ccc(C(=O)O)c(Cl)c2)CC1. The monoisotopic (exact) mass is 329 g/mol. The highest BCUT2D eigenvalue weighted by Crippen LogP contribution is 2.27. The maximum atomic E-state index is 12.6. The first-order valence-electron chi connectivity index (χ1n) is 6.41. The summed E-state index contributed by atoms with van der Waals surface area (Å²) in [5.41, 5.74) is 2.14. The van der Waals surface area contributed by atoms with Crippen LogP contribution in [0, 0.1) is 0 Å². The molecule has 7 heteroatoms. The Bertz CT molecular complexity index is 724. The Labute approximate surface area is 128 Å². The zero-order valence-corrected chi connectivity index (χ0v) is 13.3. The lowest BCUT2D eigenvalue weighted by Crippen LogP contribution is -2.36. The van der Waals surface area contributed by atoms with Crippen molar-refractivity contribution in [3.63, 3.8) is 0 Å². The van der Waals surface area contributed by atoms with Gasteiger partial charge in [-0.1, -0.05) is 22.7 Å². The molecular formula is C14H16ClNO4S. The molecule has 1 aliphatic rings. The van der Waals surface area contributed by atoms with Crippen molar-refractivity contribution in [3.05, 3.63) is 39.9 Å². The third-order valence-corrected chi connectivity index (χ3v) is 5.84. The first kappa shape index (κ1) is 16.0. The van der Waals surface area contributed by atoms with Crippen LogP contribution in [0.3, 0.4) is 0 Å². The second-order valence-electron chi connectivity index (χ2n) is 5.10. The summed E-state index contributed by atoms with van der Waals surface area (Å²) in [6.45, 7) is 4.69. The predicted molar refractivity (Wildman–Crippen MR) is 80.2 cm³/mol. The van der Waals surface area contributed by atoms with Gasteiger partial charge in [0, 0.05) is 13.1 Å². The number of carboxylic acids is 1. The molecule has 0 bridgehead atoms. The first-order chi connectivity index (χ1) is 9.73. The van der Waals surface area contributed by atoms with Gasteiger partial charge in [0.1, 0.15) is 0 Å². The van der Waals surface area contributed by atoms with E-state index in [-0.39, 0.29) is 15.5 Å². The van der Waals surface area contributed by atoms with Crippen molar-refractivity contribution in [2.45, 2.75) is 25.2 Å². The van der Waals surface area contributed by atoms with Gasteiger partial charge >= 0.3 is 5.97 Å². The van der Waals surface area contributed by atoms with E-state index in [4.69, 9.17) is 16.7 Å². The molecule has 0 saturated heterocycles. The summed E-state index contributed by atoms with van der Waals surface area (Å²) in [6, 6.07) is 3.70. The second kappa shape index (κ2) is 5.79. The van der Waals surface area contributed by atoms with Crippen LogP contribution in [-0.4, -0.2) is 36.9 Å². The number of carboxylic acid groups (broad SMARTS) is 1. The number of benzene rings is 1. The minimum atomic E-state index is -3.66. The lowest BCUT2D eigenvalue weighted by Gasteiger charge is -2.28. The summed E-state index contributed by atoms with van der Waals surface area (Å²) in [5, 5.41) is 8.84. The van der Waals surface area contributed by atoms with E-state index in [1.54, 1.807) is 0 Å². The molecular weight excluding hydrogens is 314 g/mol. The van der Waals surface area contributed by atoms with E-state index in [0.29, 0.717) is 19.5 Å². The molecule has 0 saturated carbocycles. The van der Waals surface area contributed by atoms with E-state index in [2.05, 4.69) is 0 Å². The molecule has 0 radical (unpaired) electrons. The molecule has 0 amide bonds. The Morgan fingerprint density at radius 1 is 1.29 bits per heavy atom. The molecule has 0 fully saturated rings. The third kappa shape index (κ3) is 3.12. The number of nitrogens with zero attached hydrogens (tertiary/aromatic N) is 1. The minimum Gasteiger partial charge on any atom is -0.478 e. The van der Waals surface area contributed by atoms with Crippen LogP contribution < -0.4 is 0 Å². The van der Waals surface area contributed by atoms with E-state index in [1.807, 2.05) is 13.8 Å². The third-order valence-electron chi connectivity index (χ3n) is 3.69. The van der Waals surface area contributed by atoms with Crippen LogP contribution in [0.25, 0.3) is 0 Å². The molecule has 0 spiro atoms. The highest BCUT2D eigenvalue weighted by Gasteiger charge is 2.28. The molecule has 0 aromatic heterocycles. The normalized spacial score (nSPS) is 17.1. The fourth-order valence-corrected chi connectivity index (χ4v) is 3.99. The summed E-state index contributed by atoms with van der Waals surface area (Å²) >= 11 is 5.85. The van der Waals surface area contributed by atoms with Gasteiger partial charge in [0.05, 0.1) is 15.5 Å². The summed E-state index contributed by atoms with van der Waals surface area (Å²) in [4.78, 5) is 10.9. The van der Waals surface area contributed by atoms with Crippen LogP contribution in [0.15, 0.2) is 34.2 Å². The van der Waals surface area contributed by atoms with Crippen molar-refractivity contribution in [1.29, 1.82) is 0 Å². The number of hydrogen-bond acceptors (Lipinski definition) is 3. The Hall–Kier alpha value is -1.37. The molecule has 21 heavy (non-hydrogen) atoms. The van der Waals surface area contributed by atoms with E-state index >= 15 is 0 Å². The van der Waals surface area contributed by atoms with Gasteiger partial charge < -0.3 is 5.11 Å². The smallest absolute Gasteiger partial charge is 0.337 e. The maximum Gasteiger partial charge on any atom is 0.337 e. The van der Waals surface area contributed by atoms with Crippen molar-refractivity contribution in [2.24, 2.45) is 0 Å². The Balaban J connectivity index is 2.37. The Kier molecular flexibility index (Phi) is 4.41. The first-order valence-corrected chi connectivity index (χ1v) is 8.23. The summed E-state index contributed by atoms with van der Waals surface area (Å²) in [6.07, 6.45) is 0.700. The second-order valence-corrected chi connectivity index (χ2v) is 7.44. The van der Waals surface area contributed by atoms with Gasteiger partial charge in [0.2, 0.25) is 10.0 Å². The van der Waals surface area contributed by atoms with Gasteiger partial charge in [-0.2, -0.15) is 4.31 Å². The van der Waals surface area contributed by atoms with Crippen LogP contribution in [0.2, 0.25) is 5.02 Å². The largest absolute Gasteiger partial charge is 0.478 e. The van der Waals surface area contributed by atoms with Gasteiger partial charge in [0.25, 0.3) is 0 Å². The topological polar surface area (TPSA) is 74.7 Å². The fourth-order valence-electron chi connectivity index (χ4n) is 2.17. The zero-order chi connectivity index (χ0) is 15.8. The number of halogens is 1.